The Hall–Kier alpha value is -2.75. The lowest BCUT2D eigenvalue weighted by Gasteiger charge is -2.05. The Morgan fingerprint density at radius 2 is 1.71 bits per heavy atom. The van der Waals surface area contributed by atoms with Crippen LogP contribution < -0.4 is 5.43 Å². The molecule has 0 saturated carbocycles. The summed E-state index contributed by atoms with van der Waals surface area (Å²) >= 11 is 0. The third kappa shape index (κ3) is 2.74. The normalized spacial score (nSPS) is 10.9. The van der Waals surface area contributed by atoms with E-state index in [2.05, 4.69) is 0 Å². The fraction of sp³-hybridized carbons (Fsp3) is 0.118. The first-order valence-electron chi connectivity index (χ1n) is 6.66. The summed E-state index contributed by atoms with van der Waals surface area (Å²) in [6, 6.07) is 13.7. The summed E-state index contributed by atoms with van der Waals surface area (Å²) in [5, 5.41) is 19.4. The Morgan fingerprint density at radius 1 is 0.952 bits per heavy atom. The Balaban J connectivity index is 1.95. The van der Waals surface area contributed by atoms with E-state index >= 15 is 0 Å². The molecule has 3 aromatic rings. The molecule has 0 spiro atoms. The lowest BCUT2D eigenvalue weighted by Crippen LogP contribution is -2.03. The van der Waals surface area contributed by atoms with Crippen molar-refractivity contribution in [1.82, 2.24) is 0 Å². The van der Waals surface area contributed by atoms with E-state index in [1.807, 2.05) is 30.3 Å². The second-order valence-electron chi connectivity index (χ2n) is 4.90. The van der Waals surface area contributed by atoms with Gasteiger partial charge < -0.3 is 14.6 Å². The predicted molar refractivity (Wildman–Crippen MR) is 79.7 cm³/mol. The summed E-state index contributed by atoms with van der Waals surface area (Å²) in [6.07, 6.45) is 1.31. The molecule has 3 rings (SSSR count). The molecule has 0 atom stereocenters. The SMILES string of the molecule is O=c1cc(CCc2ccccc2)oc2c(O)cc(O)cc12. The molecule has 0 aliphatic heterocycles. The first-order valence-corrected chi connectivity index (χ1v) is 6.66. The van der Waals surface area contributed by atoms with Gasteiger partial charge in [0.2, 0.25) is 0 Å². The van der Waals surface area contributed by atoms with Gasteiger partial charge >= 0.3 is 0 Å². The van der Waals surface area contributed by atoms with E-state index in [1.54, 1.807) is 0 Å². The Kier molecular flexibility index (Phi) is 3.36. The van der Waals surface area contributed by atoms with Crippen molar-refractivity contribution in [3.63, 3.8) is 0 Å². The molecule has 0 radical (unpaired) electrons. The molecule has 1 heterocycles. The third-order valence-electron chi connectivity index (χ3n) is 3.35. The van der Waals surface area contributed by atoms with Crippen LogP contribution in [0.25, 0.3) is 11.0 Å². The van der Waals surface area contributed by atoms with Crippen LogP contribution in [-0.4, -0.2) is 10.2 Å². The minimum Gasteiger partial charge on any atom is -0.508 e. The predicted octanol–water partition coefficient (Wildman–Crippen LogP) is 2.99. The minimum absolute atomic E-state index is 0.114. The monoisotopic (exact) mass is 282 g/mol. The van der Waals surface area contributed by atoms with Gasteiger partial charge in [0.05, 0.1) is 5.39 Å². The number of hydrogen-bond donors (Lipinski definition) is 2. The van der Waals surface area contributed by atoms with Crippen molar-refractivity contribution in [3.05, 3.63) is 70.1 Å². The first kappa shape index (κ1) is 13.2. The molecule has 2 N–H and O–H groups in total. The highest BCUT2D eigenvalue weighted by Crippen LogP contribution is 2.28. The molecule has 4 heteroatoms. The van der Waals surface area contributed by atoms with Gasteiger partial charge in [-0.15, -0.1) is 0 Å². The second kappa shape index (κ2) is 5.32. The standard InChI is InChI=1S/C17H14O4/c18-12-8-14-15(19)10-13(21-17(14)16(20)9-12)7-6-11-4-2-1-3-5-11/h1-5,8-10,18,20H,6-7H2. The van der Waals surface area contributed by atoms with Crippen molar-refractivity contribution in [1.29, 1.82) is 0 Å². The summed E-state index contributed by atoms with van der Waals surface area (Å²) in [5.41, 5.74) is 0.990. The van der Waals surface area contributed by atoms with Gasteiger partial charge in [-0.05, 0) is 18.1 Å². The fourth-order valence-corrected chi connectivity index (χ4v) is 2.31. The van der Waals surface area contributed by atoms with Crippen LogP contribution in [0, 0.1) is 0 Å². The van der Waals surface area contributed by atoms with Gasteiger partial charge in [0.25, 0.3) is 0 Å². The number of phenols is 2. The lowest BCUT2D eigenvalue weighted by molar-refractivity contribution is 0.438. The smallest absolute Gasteiger partial charge is 0.193 e. The number of benzene rings is 2. The molecule has 0 saturated heterocycles. The minimum atomic E-state index is -0.273. The maximum absolute atomic E-state index is 12.0. The molecule has 2 aromatic carbocycles. The molecule has 4 nitrogen and oxygen atoms in total. The molecule has 0 aliphatic rings. The number of aromatic hydroxyl groups is 2. The van der Waals surface area contributed by atoms with Gasteiger partial charge in [-0.25, -0.2) is 0 Å². The van der Waals surface area contributed by atoms with Crippen molar-refractivity contribution in [3.8, 4) is 11.5 Å². The zero-order valence-corrected chi connectivity index (χ0v) is 11.2. The molecular formula is C17H14O4. The van der Waals surface area contributed by atoms with E-state index in [1.165, 1.54) is 12.1 Å². The average molecular weight is 282 g/mol. The summed E-state index contributed by atoms with van der Waals surface area (Å²) in [4.78, 5) is 12.0. The van der Waals surface area contributed by atoms with Crippen LogP contribution in [0.15, 0.2) is 57.7 Å². The highest BCUT2D eigenvalue weighted by molar-refractivity contribution is 5.83. The lowest BCUT2D eigenvalue weighted by atomic mass is 10.1. The molecular weight excluding hydrogens is 268 g/mol. The number of hydrogen-bond acceptors (Lipinski definition) is 4. The first-order chi connectivity index (χ1) is 10.1. The highest BCUT2D eigenvalue weighted by atomic mass is 16.4. The Bertz CT molecular complexity index is 835. The van der Waals surface area contributed by atoms with E-state index in [4.69, 9.17) is 4.42 Å². The molecule has 21 heavy (non-hydrogen) atoms. The van der Waals surface area contributed by atoms with Crippen LogP contribution in [0.3, 0.4) is 0 Å². The van der Waals surface area contributed by atoms with Crippen LogP contribution in [0.1, 0.15) is 11.3 Å². The van der Waals surface area contributed by atoms with Crippen LogP contribution in [0.5, 0.6) is 11.5 Å². The zero-order valence-electron chi connectivity index (χ0n) is 11.2. The Labute approximate surface area is 120 Å². The summed E-state index contributed by atoms with van der Waals surface area (Å²) in [7, 11) is 0. The molecule has 1 aromatic heterocycles. The van der Waals surface area contributed by atoms with Crippen LogP contribution in [0.2, 0.25) is 0 Å². The topological polar surface area (TPSA) is 70.7 Å². The van der Waals surface area contributed by atoms with Crippen molar-refractivity contribution in [2.24, 2.45) is 0 Å². The van der Waals surface area contributed by atoms with E-state index in [-0.39, 0.29) is 27.9 Å². The zero-order chi connectivity index (χ0) is 14.8. The number of aryl methyl sites for hydroxylation is 2. The summed E-state index contributed by atoms with van der Waals surface area (Å²) in [6.45, 7) is 0. The highest BCUT2D eigenvalue weighted by Gasteiger charge is 2.10. The van der Waals surface area contributed by atoms with Crippen molar-refractivity contribution < 1.29 is 14.6 Å². The van der Waals surface area contributed by atoms with Gasteiger partial charge in [-0.2, -0.15) is 0 Å². The molecule has 0 bridgehead atoms. The maximum atomic E-state index is 12.0. The van der Waals surface area contributed by atoms with Crippen molar-refractivity contribution in [2.45, 2.75) is 12.8 Å². The molecule has 0 amide bonds. The van der Waals surface area contributed by atoms with Gasteiger partial charge in [-0.1, -0.05) is 30.3 Å². The molecule has 0 fully saturated rings. The van der Waals surface area contributed by atoms with E-state index in [0.29, 0.717) is 12.2 Å². The van der Waals surface area contributed by atoms with Gasteiger partial charge in [0, 0.05) is 18.6 Å². The molecule has 0 unspecified atom stereocenters. The third-order valence-corrected chi connectivity index (χ3v) is 3.35. The number of phenolic OH excluding ortho intramolecular Hbond substituents is 2. The van der Waals surface area contributed by atoms with Crippen molar-refractivity contribution in [2.75, 3.05) is 0 Å². The maximum Gasteiger partial charge on any atom is 0.193 e. The van der Waals surface area contributed by atoms with Crippen LogP contribution in [0.4, 0.5) is 0 Å². The average Bonchev–Trinajstić information content (AvgIpc) is 2.47. The largest absolute Gasteiger partial charge is 0.508 e. The van der Waals surface area contributed by atoms with Gasteiger partial charge in [-0.3, -0.25) is 4.79 Å². The van der Waals surface area contributed by atoms with Gasteiger partial charge in [0.1, 0.15) is 11.5 Å². The molecule has 0 aliphatic carbocycles. The number of rotatable bonds is 3. The molecule has 106 valence electrons. The fourth-order valence-electron chi connectivity index (χ4n) is 2.31. The van der Waals surface area contributed by atoms with Crippen LogP contribution >= 0.6 is 0 Å². The second-order valence-corrected chi connectivity index (χ2v) is 4.90. The van der Waals surface area contributed by atoms with Gasteiger partial charge in [0.15, 0.2) is 16.8 Å². The van der Waals surface area contributed by atoms with E-state index < -0.39 is 0 Å². The van der Waals surface area contributed by atoms with E-state index in [0.717, 1.165) is 18.1 Å². The quantitative estimate of drug-likeness (QED) is 0.774. The van der Waals surface area contributed by atoms with Crippen molar-refractivity contribution >= 4 is 11.0 Å². The number of fused-ring (bicyclic) bond motifs is 1. The van der Waals surface area contributed by atoms with E-state index in [9.17, 15) is 15.0 Å². The summed E-state index contributed by atoms with van der Waals surface area (Å²) < 4.78 is 5.59. The Morgan fingerprint density at radius 3 is 2.48 bits per heavy atom. The van der Waals surface area contributed by atoms with Crippen LogP contribution in [-0.2, 0) is 12.8 Å². The summed E-state index contributed by atoms with van der Waals surface area (Å²) in [5.74, 6) is 0.116.